The Kier molecular flexibility index (Phi) is 3.99. The number of nitriles is 1. The van der Waals surface area contributed by atoms with Gasteiger partial charge in [0.25, 0.3) is 0 Å². The second kappa shape index (κ2) is 6.18. The number of anilines is 1. The average Bonchev–Trinajstić information content (AvgIpc) is 2.58. The van der Waals surface area contributed by atoms with Crippen LogP contribution in [-0.2, 0) is 9.59 Å². The van der Waals surface area contributed by atoms with Crippen molar-refractivity contribution in [2.45, 2.75) is 38.5 Å². The van der Waals surface area contributed by atoms with Crippen molar-refractivity contribution >= 4 is 17.5 Å². The van der Waals surface area contributed by atoms with Gasteiger partial charge in [0.15, 0.2) is 0 Å². The number of hydrogen-bond donors (Lipinski definition) is 2. The summed E-state index contributed by atoms with van der Waals surface area (Å²) in [5, 5.41) is 14.5. The molecule has 1 aromatic carbocycles. The fourth-order valence-corrected chi connectivity index (χ4v) is 5.61. The van der Waals surface area contributed by atoms with Crippen molar-refractivity contribution in [2.75, 3.05) is 11.9 Å². The van der Waals surface area contributed by atoms with E-state index in [1.54, 1.807) is 24.3 Å². The molecular weight excluding hydrogens is 314 g/mol. The molecule has 0 aromatic heterocycles. The normalized spacial score (nSPS) is 32.0. The Morgan fingerprint density at radius 2 is 1.76 bits per heavy atom. The van der Waals surface area contributed by atoms with Gasteiger partial charge in [0.2, 0.25) is 11.8 Å². The van der Waals surface area contributed by atoms with Crippen molar-refractivity contribution in [1.82, 2.24) is 5.32 Å². The number of nitrogens with one attached hydrogen (secondary N) is 2. The van der Waals surface area contributed by atoms with Crippen molar-refractivity contribution in [2.24, 2.45) is 23.2 Å². The van der Waals surface area contributed by atoms with Crippen LogP contribution in [0.2, 0.25) is 0 Å². The first-order valence-electron chi connectivity index (χ1n) is 9.15. The van der Waals surface area contributed by atoms with E-state index in [9.17, 15) is 9.59 Å². The van der Waals surface area contributed by atoms with Gasteiger partial charge in [-0.3, -0.25) is 9.59 Å². The number of amides is 2. The molecule has 0 saturated heterocycles. The second-order valence-corrected chi connectivity index (χ2v) is 8.12. The topological polar surface area (TPSA) is 82.0 Å². The zero-order chi connectivity index (χ0) is 17.4. The molecule has 0 heterocycles. The first-order valence-corrected chi connectivity index (χ1v) is 9.15. The summed E-state index contributed by atoms with van der Waals surface area (Å²) in [5.41, 5.74) is 0.846. The molecule has 4 bridgehead atoms. The molecule has 5 rings (SSSR count). The molecule has 2 N–H and O–H groups in total. The molecule has 4 aliphatic rings. The van der Waals surface area contributed by atoms with Crippen molar-refractivity contribution in [3.05, 3.63) is 29.8 Å². The van der Waals surface area contributed by atoms with Crippen molar-refractivity contribution < 1.29 is 9.59 Å². The third-order valence-corrected chi connectivity index (χ3v) is 6.20. The van der Waals surface area contributed by atoms with Crippen LogP contribution in [-0.4, -0.2) is 18.4 Å². The Hall–Kier alpha value is -2.35. The van der Waals surface area contributed by atoms with Crippen LogP contribution in [0.5, 0.6) is 0 Å². The molecule has 0 unspecified atom stereocenters. The van der Waals surface area contributed by atoms with Crippen LogP contribution >= 0.6 is 0 Å². The third-order valence-electron chi connectivity index (χ3n) is 6.20. The highest BCUT2D eigenvalue weighted by atomic mass is 16.2. The summed E-state index contributed by atoms with van der Waals surface area (Å²) in [6.07, 6.45) is 6.87. The van der Waals surface area contributed by atoms with Crippen LogP contribution in [0, 0.1) is 34.5 Å². The molecule has 1 aromatic rings. The molecule has 130 valence electrons. The lowest BCUT2D eigenvalue weighted by atomic mass is 9.49. The lowest BCUT2D eigenvalue weighted by molar-refractivity contribution is -0.146. The minimum atomic E-state index is -0.256. The number of rotatable bonds is 4. The standard InChI is InChI=1S/C20H23N3O2/c21-11-13-2-1-3-17(7-13)23-18(24)12-22-19(25)20-8-14-4-15(9-20)6-16(5-14)10-20/h1-3,7,14-16H,4-6,8-10,12H2,(H,22,25)(H,23,24). The smallest absolute Gasteiger partial charge is 0.243 e. The molecule has 0 aliphatic heterocycles. The van der Waals surface area contributed by atoms with Crippen molar-refractivity contribution in [3.63, 3.8) is 0 Å². The molecule has 0 atom stereocenters. The van der Waals surface area contributed by atoms with Gasteiger partial charge in [-0.1, -0.05) is 6.07 Å². The zero-order valence-corrected chi connectivity index (χ0v) is 14.3. The van der Waals surface area contributed by atoms with E-state index in [-0.39, 0.29) is 23.8 Å². The van der Waals surface area contributed by atoms with E-state index in [4.69, 9.17) is 5.26 Å². The van der Waals surface area contributed by atoms with E-state index in [0.29, 0.717) is 29.0 Å². The average molecular weight is 337 g/mol. The predicted molar refractivity (Wildman–Crippen MR) is 93.4 cm³/mol. The maximum atomic E-state index is 12.8. The first kappa shape index (κ1) is 16.1. The minimum Gasteiger partial charge on any atom is -0.347 e. The number of carbonyl (C=O) groups is 2. The van der Waals surface area contributed by atoms with Gasteiger partial charge < -0.3 is 10.6 Å². The molecule has 4 aliphatic carbocycles. The van der Waals surface area contributed by atoms with Crippen LogP contribution in [0.15, 0.2) is 24.3 Å². The molecule has 5 heteroatoms. The largest absolute Gasteiger partial charge is 0.347 e. The molecule has 4 fully saturated rings. The van der Waals surface area contributed by atoms with Gasteiger partial charge in [0, 0.05) is 11.1 Å². The van der Waals surface area contributed by atoms with Gasteiger partial charge >= 0.3 is 0 Å². The predicted octanol–water partition coefficient (Wildman–Crippen LogP) is 2.83. The van der Waals surface area contributed by atoms with Gasteiger partial charge in [-0.2, -0.15) is 5.26 Å². The van der Waals surface area contributed by atoms with E-state index in [1.165, 1.54) is 19.3 Å². The van der Waals surface area contributed by atoms with E-state index in [2.05, 4.69) is 10.6 Å². The molecule has 5 nitrogen and oxygen atoms in total. The van der Waals surface area contributed by atoms with Gasteiger partial charge in [0.05, 0.1) is 18.2 Å². The van der Waals surface area contributed by atoms with Crippen LogP contribution in [0.4, 0.5) is 5.69 Å². The van der Waals surface area contributed by atoms with E-state index in [1.807, 2.05) is 6.07 Å². The zero-order valence-electron chi connectivity index (χ0n) is 14.3. The fraction of sp³-hybridized carbons (Fsp3) is 0.550. The first-order chi connectivity index (χ1) is 12.1. The Morgan fingerprint density at radius 1 is 1.12 bits per heavy atom. The summed E-state index contributed by atoms with van der Waals surface area (Å²) in [4.78, 5) is 25.0. The highest BCUT2D eigenvalue weighted by Gasteiger charge is 2.54. The summed E-state index contributed by atoms with van der Waals surface area (Å²) in [5.74, 6) is 1.93. The number of carbonyl (C=O) groups excluding carboxylic acids is 2. The maximum absolute atomic E-state index is 12.8. The quantitative estimate of drug-likeness (QED) is 0.886. The summed E-state index contributed by atoms with van der Waals surface area (Å²) >= 11 is 0. The number of benzene rings is 1. The summed E-state index contributed by atoms with van der Waals surface area (Å²) in [7, 11) is 0. The Morgan fingerprint density at radius 3 is 2.36 bits per heavy atom. The molecular formula is C20H23N3O2. The summed E-state index contributed by atoms with van der Waals surface area (Å²) < 4.78 is 0. The molecule has 25 heavy (non-hydrogen) atoms. The Bertz CT molecular complexity index is 714. The lowest BCUT2D eigenvalue weighted by Gasteiger charge is -2.55. The number of nitrogens with zero attached hydrogens (tertiary/aromatic N) is 1. The van der Waals surface area contributed by atoms with E-state index >= 15 is 0 Å². The molecule has 4 saturated carbocycles. The molecule has 2 amide bonds. The number of hydrogen-bond acceptors (Lipinski definition) is 3. The highest BCUT2D eigenvalue weighted by molar-refractivity contribution is 5.95. The van der Waals surface area contributed by atoms with E-state index < -0.39 is 0 Å². The van der Waals surface area contributed by atoms with Crippen LogP contribution in [0.3, 0.4) is 0 Å². The van der Waals surface area contributed by atoms with Gasteiger partial charge in [-0.15, -0.1) is 0 Å². The van der Waals surface area contributed by atoms with Crippen molar-refractivity contribution in [3.8, 4) is 6.07 Å². The Balaban J connectivity index is 1.34. The Labute approximate surface area is 147 Å². The van der Waals surface area contributed by atoms with Crippen LogP contribution < -0.4 is 10.6 Å². The van der Waals surface area contributed by atoms with Crippen LogP contribution in [0.25, 0.3) is 0 Å². The molecule has 0 spiro atoms. The maximum Gasteiger partial charge on any atom is 0.243 e. The molecule has 0 radical (unpaired) electrons. The SMILES string of the molecule is N#Cc1cccc(NC(=O)CNC(=O)C23CC4CC(CC(C4)C2)C3)c1. The van der Waals surface area contributed by atoms with Gasteiger partial charge in [-0.05, 0) is 74.5 Å². The third kappa shape index (κ3) is 3.13. The second-order valence-electron chi connectivity index (χ2n) is 8.12. The van der Waals surface area contributed by atoms with E-state index in [0.717, 1.165) is 19.3 Å². The summed E-state index contributed by atoms with van der Waals surface area (Å²) in [6.45, 7) is -0.0165. The minimum absolute atomic E-state index is 0.0165. The van der Waals surface area contributed by atoms with Crippen LogP contribution in [0.1, 0.15) is 44.1 Å². The highest BCUT2D eigenvalue weighted by Crippen LogP contribution is 2.60. The lowest BCUT2D eigenvalue weighted by Crippen LogP contribution is -2.54. The summed E-state index contributed by atoms with van der Waals surface area (Å²) in [6, 6.07) is 8.81. The van der Waals surface area contributed by atoms with Gasteiger partial charge in [0.1, 0.15) is 0 Å². The van der Waals surface area contributed by atoms with Gasteiger partial charge in [-0.25, -0.2) is 0 Å². The monoisotopic (exact) mass is 337 g/mol. The van der Waals surface area contributed by atoms with Crippen molar-refractivity contribution in [1.29, 1.82) is 5.26 Å². The fourth-order valence-electron chi connectivity index (χ4n) is 5.61.